The van der Waals surface area contributed by atoms with Gasteiger partial charge in [-0.15, -0.1) is 0 Å². The molecule has 1 heterocycles. The van der Waals surface area contributed by atoms with Crippen molar-refractivity contribution in [3.63, 3.8) is 0 Å². The number of halogens is 2. The first-order valence-electron chi connectivity index (χ1n) is 8.75. The molecule has 0 bridgehead atoms. The lowest BCUT2D eigenvalue weighted by Gasteiger charge is -2.29. The lowest BCUT2D eigenvalue weighted by Crippen LogP contribution is -2.40. The average molecular weight is 485 g/mol. The zero-order chi connectivity index (χ0) is 20.1. The molecule has 148 valence electrons. The summed E-state index contributed by atoms with van der Waals surface area (Å²) in [6.07, 6.45) is 2.39. The van der Waals surface area contributed by atoms with E-state index in [1.807, 2.05) is 30.3 Å². The lowest BCUT2D eigenvalue weighted by molar-refractivity contribution is -0.140. The van der Waals surface area contributed by atoms with Crippen LogP contribution in [-0.4, -0.2) is 31.8 Å². The Morgan fingerprint density at radius 1 is 1.14 bits per heavy atom. The minimum Gasteiger partial charge on any atom is -0.425 e. The number of hydrogen-bond donors (Lipinski definition) is 0. The Labute approximate surface area is 178 Å². The highest BCUT2D eigenvalue weighted by Gasteiger charge is 2.31. The number of esters is 1. The Hall–Kier alpha value is -1.67. The molecule has 0 spiro atoms. The minimum atomic E-state index is -3.53. The lowest BCUT2D eigenvalue weighted by atomic mass is 9.98. The van der Waals surface area contributed by atoms with Gasteiger partial charge in [0.1, 0.15) is 5.75 Å². The third-order valence-electron chi connectivity index (χ3n) is 4.48. The van der Waals surface area contributed by atoms with Gasteiger partial charge < -0.3 is 4.74 Å². The van der Waals surface area contributed by atoms with Gasteiger partial charge >= 0.3 is 5.97 Å². The second-order valence-corrected chi connectivity index (χ2v) is 9.57. The normalized spacial score (nSPS) is 16.4. The summed E-state index contributed by atoms with van der Waals surface area (Å²) in [5, 5.41) is 1.55. The van der Waals surface area contributed by atoms with Crippen molar-refractivity contribution in [2.45, 2.75) is 12.8 Å². The van der Waals surface area contributed by atoms with Crippen molar-refractivity contribution < 1.29 is 17.9 Å². The van der Waals surface area contributed by atoms with Crippen molar-refractivity contribution in [3.8, 4) is 5.75 Å². The van der Waals surface area contributed by atoms with Gasteiger partial charge in [0.05, 0.1) is 10.9 Å². The van der Waals surface area contributed by atoms with Crippen LogP contribution in [0.2, 0.25) is 5.02 Å². The number of carbonyl (C=O) groups excluding carboxylic acids is 1. The number of ether oxygens (including phenoxy) is 1. The van der Waals surface area contributed by atoms with Crippen molar-refractivity contribution in [1.82, 2.24) is 4.31 Å². The third-order valence-corrected chi connectivity index (χ3v) is 6.84. The van der Waals surface area contributed by atoms with Crippen LogP contribution in [-0.2, 0) is 14.8 Å². The van der Waals surface area contributed by atoms with Gasteiger partial charge in [0, 0.05) is 23.0 Å². The van der Waals surface area contributed by atoms with Crippen LogP contribution in [0.25, 0.3) is 6.08 Å². The van der Waals surface area contributed by atoms with Crippen molar-refractivity contribution in [2.75, 3.05) is 13.1 Å². The van der Waals surface area contributed by atoms with E-state index < -0.39 is 10.0 Å². The van der Waals surface area contributed by atoms with Crippen LogP contribution in [0.4, 0.5) is 0 Å². The van der Waals surface area contributed by atoms with Gasteiger partial charge in [0.2, 0.25) is 10.0 Å². The number of nitrogens with zero attached hydrogens (tertiary/aromatic N) is 1. The summed E-state index contributed by atoms with van der Waals surface area (Å²) in [5.41, 5.74) is 0.816. The topological polar surface area (TPSA) is 63.7 Å². The molecule has 1 aliphatic heterocycles. The molecule has 0 saturated carbocycles. The van der Waals surface area contributed by atoms with Crippen molar-refractivity contribution in [2.24, 2.45) is 5.92 Å². The molecule has 0 unspecified atom stereocenters. The molecule has 1 aliphatic rings. The van der Waals surface area contributed by atoms with Crippen LogP contribution in [0, 0.1) is 5.92 Å². The largest absolute Gasteiger partial charge is 0.425 e. The summed E-state index contributed by atoms with van der Waals surface area (Å²) in [5.74, 6) is -0.443. The number of sulfonamides is 1. The van der Waals surface area contributed by atoms with E-state index in [9.17, 15) is 13.2 Å². The molecule has 1 saturated heterocycles. The highest BCUT2D eigenvalue weighted by molar-refractivity contribution is 9.10. The van der Waals surface area contributed by atoms with Gasteiger partial charge in [-0.1, -0.05) is 57.9 Å². The van der Waals surface area contributed by atoms with Gasteiger partial charge in [0.25, 0.3) is 0 Å². The monoisotopic (exact) mass is 483 g/mol. The van der Waals surface area contributed by atoms with Crippen molar-refractivity contribution >= 4 is 49.6 Å². The summed E-state index contributed by atoms with van der Waals surface area (Å²) in [6, 6.07) is 14.3. The van der Waals surface area contributed by atoms with E-state index in [0.29, 0.717) is 23.6 Å². The van der Waals surface area contributed by atoms with Crippen LogP contribution in [0.5, 0.6) is 5.75 Å². The third kappa shape index (κ3) is 5.44. The van der Waals surface area contributed by atoms with Crippen LogP contribution in [0.3, 0.4) is 0 Å². The predicted octanol–water partition coefficient (Wildman–Crippen LogP) is 4.72. The Kier molecular flexibility index (Phi) is 6.93. The molecule has 0 aliphatic carbocycles. The smallest absolute Gasteiger partial charge is 0.314 e. The van der Waals surface area contributed by atoms with Gasteiger partial charge in [0.15, 0.2) is 0 Å². The minimum absolute atomic E-state index is 0.273. The second-order valence-electron chi connectivity index (χ2n) is 6.43. The van der Waals surface area contributed by atoms with E-state index in [-0.39, 0.29) is 25.0 Å². The molecule has 3 rings (SSSR count). The maximum absolute atomic E-state index is 12.5. The maximum atomic E-state index is 12.5. The summed E-state index contributed by atoms with van der Waals surface area (Å²) in [4.78, 5) is 12.4. The highest BCUT2D eigenvalue weighted by Crippen LogP contribution is 2.30. The highest BCUT2D eigenvalue weighted by atomic mass is 79.9. The number of rotatable bonds is 5. The molecule has 5 nitrogen and oxygen atoms in total. The van der Waals surface area contributed by atoms with Gasteiger partial charge in [-0.05, 0) is 42.7 Å². The first-order valence-corrected chi connectivity index (χ1v) is 11.4. The maximum Gasteiger partial charge on any atom is 0.314 e. The fraction of sp³-hybridized carbons (Fsp3) is 0.250. The molecule has 0 N–H and O–H groups in total. The Balaban J connectivity index is 1.57. The molecular formula is C20H19BrClNO4S. The molecular weight excluding hydrogens is 466 g/mol. The van der Waals surface area contributed by atoms with E-state index in [1.165, 1.54) is 9.71 Å². The Morgan fingerprint density at radius 2 is 1.82 bits per heavy atom. The first-order chi connectivity index (χ1) is 13.3. The van der Waals surface area contributed by atoms with Crippen molar-refractivity contribution in [3.05, 3.63) is 69.0 Å². The van der Waals surface area contributed by atoms with E-state index >= 15 is 0 Å². The summed E-state index contributed by atoms with van der Waals surface area (Å²) >= 11 is 9.38. The number of piperidine rings is 1. The van der Waals surface area contributed by atoms with E-state index in [4.69, 9.17) is 16.3 Å². The Morgan fingerprint density at radius 3 is 2.46 bits per heavy atom. The zero-order valence-electron chi connectivity index (χ0n) is 14.9. The summed E-state index contributed by atoms with van der Waals surface area (Å²) in [7, 11) is -3.53. The van der Waals surface area contributed by atoms with Crippen LogP contribution >= 0.6 is 27.5 Å². The van der Waals surface area contributed by atoms with E-state index in [2.05, 4.69) is 15.9 Å². The van der Waals surface area contributed by atoms with Gasteiger partial charge in [-0.25, -0.2) is 8.42 Å². The number of benzene rings is 2. The standard InChI is InChI=1S/C20H19BrClNO4S/c21-17-6-7-19(18(22)14-17)27-20(24)16-8-11-23(12-9-16)28(25,26)13-10-15-4-2-1-3-5-15/h1-7,10,13-14,16H,8-9,11-12H2/b13-10+. The van der Waals surface area contributed by atoms with Crippen LogP contribution in [0.1, 0.15) is 18.4 Å². The molecule has 2 aromatic carbocycles. The average Bonchev–Trinajstić information content (AvgIpc) is 2.69. The van der Waals surface area contributed by atoms with Gasteiger partial charge in [-0.3, -0.25) is 4.79 Å². The number of hydrogen-bond acceptors (Lipinski definition) is 4. The predicted molar refractivity (Wildman–Crippen MR) is 113 cm³/mol. The summed E-state index contributed by atoms with van der Waals surface area (Å²) < 4.78 is 32.6. The van der Waals surface area contributed by atoms with Crippen LogP contribution in [0.15, 0.2) is 58.4 Å². The zero-order valence-corrected chi connectivity index (χ0v) is 18.1. The van der Waals surface area contributed by atoms with Crippen molar-refractivity contribution in [1.29, 1.82) is 0 Å². The molecule has 0 atom stereocenters. The van der Waals surface area contributed by atoms with Crippen LogP contribution < -0.4 is 4.74 Å². The molecule has 8 heteroatoms. The summed E-state index contributed by atoms with van der Waals surface area (Å²) in [6.45, 7) is 0.546. The number of carbonyl (C=O) groups is 1. The second kappa shape index (κ2) is 9.22. The van der Waals surface area contributed by atoms with E-state index in [0.717, 1.165) is 10.0 Å². The fourth-order valence-electron chi connectivity index (χ4n) is 2.91. The van der Waals surface area contributed by atoms with E-state index in [1.54, 1.807) is 24.3 Å². The molecule has 2 aromatic rings. The van der Waals surface area contributed by atoms with Gasteiger partial charge in [-0.2, -0.15) is 4.31 Å². The SMILES string of the molecule is O=C(Oc1ccc(Br)cc1Cl)C1CCN(S(=O)(=O)/C=C/c2ccccc2)CC1. The molecule has 1 fully saturated rings. The molecule has 0 aromatic heterocycles. The molecule has 28 heavy (non-hydrogen) atoms. The Bertz CT molecular complexity index is 971. The quantitative estimate of drug-likeness (QED) is 0.455. The molecule has 0 radical (unpaired) electrons. The first kappa shape index (κ1) is 21.0. The fourth-order valence-corrected chi connectivity index (χ4v) is 4.84. The molecule has 0 amide bonds.